The zero-order valence-corrected chi connectivity index (χ0v) is 16.7. The predicted molar refractivity (Wildman–Crippen MR) is 112 cm³/mol. The quantitative estimate of drug-likeness (QED) is 0.854. The average molecular weight is 394 g/mol. The summed E-state index contributed by atoms with van der Waals surface area (Å²) in [5.74, 6) is 0.442. The van der Waals surface area contributed by atoms with E-state index in [1.54, 1.807) is 19.3 Å². The molecule has 0 unspecified atom stereocenters. The van der Waals surface area contributed by atoms with Gasteiger partial charge in [-0.25, -0.2) is 9.97 Å². The minimum Gasteiger partial charge on any atom is -0.372 e. The van der Waals surface area contributed by atoms with Crippen molar-refractivity contribution in [3.63, 3.8) is 0 Å². The van der Waals surface area contributed by atoms with Gasteiger partial charge < -0.3 is 20.0 Å². The first kappa shape index (κ1) is 19.2. The van der Waals surface area contributed by atoms with Gasteiger partial charge in [0.05, 0.1) is 5.56 Å². The fourth-order valence-electron chi connectivity index (χ4n) is 3.76. The Balaban J connectivity index is 1.34. The molecule has 1 N–H and O–H groups in total. The normalized spacial score (nSPS) is 16.8. The maximum atomic E-state index is 12.5. The van der Waals surface area contributed by atoms with Crippen LogP contribution in [-0.4, -0.2) is 66.0 Å². The molecule has 4 rings (SSSR count). The first-order valence-electron chi connectivity index (χ1n) is 10.1. The molecule has 1 aromatic heterocycles. The number of anilines is 3. The third-order valence-corrected chi connectivity index (χ3v) is 5.50. The van der Waals surface area contributed by atoms with Crippen LogP contribution in [0.5, 0.6) is 0 Å². The highest BCUT2D eigenvalue weighted by molar-refractivity contribution is 6.04. The lowest BCUT2D eigenvalue weighted by Crippen LogP contribution is -2.48. The van der Waals surface area contributed by atoms with Crippen molar-refractivity contribution in [1.82, 2.24) is 14.9 Å². The van der Waals surface area contributed by atoms with Crippen LogP contribution in [0.15, 0.2) is 36.7 Å². The maximum absolute atomic E-state index is 12.5. The minimum atomic E-state index is -0.230. The number of piperazine rings is 1. The van der Waals surface area contributed by atoms with Gasteiger partial charge in [0.1, 0.15) is 0 Å². The first-order valence-corrected chi connectivity index (χ1v) is 10.1. The van der Waals surface area contributed by atoms with Crippen molar-refractivity contribution in [2.75, 3.05) is 54.4 Å². The molecule has 3 heterocycles. The smallest absolute Gasteiger partial charge is 0.258 e. The van der Waals surface area contributed by atoms with E-state index in [1.165, 1.54) is 18.5 Å². The van der Waals surface area contributed by atoms with E-state index in [9.17, 15) is 9.59 Å². The molecular formula is C21H26N6O2. The number of amides is 2. The number of carbonyl (C=O) groups excluding carboxylic acids is 2. The number of aromatic nitrogens is 2. The van der Waals surface area contributed by atoms with Gasteiger partial charge in [0.2, 0.25) is 11.9 Å². The summed E-state index contributed by atoms with van der Waals surface area (Å²) in [6.45, 7) is 6.48. The highest BCUT2D eigenvalue weighted by atomic mass is 16.2. The Bertz CT molecular complexity index is 854. The van der Waals surface area contributed by atoms with Gasteiger partial charge in [-0.3, -0.25) is 9.59 Å². The molecule has 0 atom stereocenters. The van der Waals surface area contributed by atoms with Gasteiger partial charge in [0, 0.05) is 70.0 Å². The number of carbonyl (C=O) groups is 2. The van der Waals surface area contributed by atoms with Crippen LogP contribution in [0.25, 0.3) is 0 Å². The molecule has 152 valence electrons. The van der Waals surface area contributed by atoms with Crippen molar-refractivity contribution in [3.05, 3.63) is 42.2 Å². The van der Waals surface area contributed by atoms with Gasteiger partial charge >= 0.3 is 0 Å². The molecule has 0 radical (unpaired) electrons. The SMILES string of the molecule is CC(=O)N1CCN(c2ncc(C(=O)Nc3ccc(N4CCCC4)cc3)cn2)CC1. The van der Waals surface area contributed by atoms with E-state index in [1.807, 2.05) is 34.1 Å². The van der Waals surface area contributed by atoms with Crippen molar-refractivity contribution in [2.45, 2.75) is 19.8 Å². The Morgan fingerprint density at radius 2 is 1.48 bits per heavy atom. The standard InChI is InChI=1S/C21H26N6O2/c1-16(28)25-10-12-27(13-11-25)21-22-14-17(15-23-21)20(29)24-18-4-6-19(7-5-18)26-8-2-3-9-26/h4-7,14-15H,2-3,8-13H2,1H3,(H,24,29). The first-order chi connectivity index (χ1) is 14.1. The zero-order valence-electron chi connectivity index (χ0n) is 16.7. The highest BCUT2D eigenvalue weighted by Gasteiger charge is 2.20. The Kier molecular flexibility index (Phi) is 5.59. The molecule has 29 heavy (non-hydrogen) atoms. The van der Waals surface area contributed by atoms with E-state index < -0.39 is 0 Å². The Morgan fingerprint density at radius 1 is 0.862 bits per heavy atom. The van der Waals surface area contributed by atoms with Crippen molar-refractivity contribution >= 4 is 29.1 Å². The van der Waals surface area contributed by atoms with E-state index >= 15 is 0 Å². The van der Waals surface area contributed by atoms with E-state index in [0.717, 1.165) is 18.8 Å². The number of hydrogen-bond donors (Lipinski definition) is 1. The number of nitrogens with zero attached hydrogens (tertiary/aromatic N) is 5. The molecule has 2 aromatic rings. The molecule has 2 amide bonds. The second kappa shape index (κ2) is 8.46. The molecule has 0 bridgehead atoms. The van der Waals surface area contributed by atoms with E-state index in [0.29, 0.717) is 37.7 Å². The molecule has 0 saturated carbocycles. The van der Waals surface area contributed by atoms with Gasteiger partial charge in [-0.05, 0) is 37.1 Å². The Morgan fingerprint density at radius 3 is 2.07 bits per heavy atom. The molecule has 0 spiro atoms. The highest BCUT2D eigenvalue weighted by Crippen LogP contribution is 2.22. The largest absolute Gasteiger partial charge is 0.372 e. The van der Waals surface area contributed by atoms with E-state index in [4.69, 9.17) is 0 Å². The van der Waals surface area contributed by atoms with E-state index in [-0.39, 0.29) is 11.8 Å². The van der Waals surface area contributed by atoms with Crippen LogP contribution >= 0.6 is 0 Å². The van der Waals surface area contributed by atoms with E-state index in [2.05, 4.69) is 20.2 Å². The number of hydrogen-bond acceptors (Lipinski definition) is 6. The van der Waals surface area contributed by atoms with Crippen LogP contribution in [0.3, 0.4) is 0 Å². The lowest BCUT2D eigenvalue weighted by atomic mass is 10.2. The summed E-state index contributed by atoms with van der Waals surface area (Å²) in [6, 6.07) is 7.94. The monoisotopic (exact) mass is 394 g/mol. The lowest BCUT2D eigenvalue weighted by Gasteiger charge is -2.34. The number of benzene rings is 1. The van der Waals surface area contributed by atoms with Gasteiger partial charge in [-0.15, -0.1) is 0 Å². The summed E-state index contributed by atoms with van der Waals surface area (Å²) in [6.07, 6.45) is 5.57. The molecular weight excluding hydrogens is 368 g/mol. The summed E-state index contributed by atoms with van der Waals surface area (Å²) in [5.41, 5.74) is 2.36. The molecule has 8 nitrogen and oxygen atoms in total. The van der Waals surface area contributed by atoms with Crippen molar-refractivity contribution in [3.8, 4) is 0 Å². The molecule has 8 heteroatoms. The number of nitrogens with one attached hydrogen (secondary N) is 1. The van der Waals surface area contributed by atoms with Crippen LogP contribution in [0.2, 0.25) is 0 Å². The van der Waals surface area contributed by atoms with Crippen LogP contribution in [-0.2, 0) is 4.79 Å². The van der Waals surface area contributed by atoms with Gasteiger partial charge in [0.25, 0.3) is 5.91 Å². The summed E-state index contributed by atoms with van der Waals surface area (Å²) in [5, 5.41) is 2.90. The average Bonchev–Trinajstić information content (AvgIpc) is 3.29. The second-order valence-corrected chi connectivity index (χ2v) is 7.46. The minimum absolute atomic E-state index is 0.0889. The molecule has 2 saturated heterocycles. The molecule has 2 aliphatic rings. The lowest BCUT2D eigenvalue weighted by molar-refractivity contribution is -0.129. The zero-order chi connectivity index (χ0) is 20.2. The summed E-state index contributed by atoms with van der Waals surface area (Å²) < 4.78 is 0. The molecule has 2 aliphatic heterocycles. The molecule has 1 aromatic carbocycles. The Labute approximate surface area is 170 Å². The fraction of sp³-hybridized carbons (Fsp3) is 0.429. The van der Waals surface area contributed by atoms with Crippen molar-refractivity contribution in [2.24, 2.45) is 0 Å². The van der Waals surface area contributed by atoms with Gasteiger partial charge in [0.15, 0.2) is 0 Å². The van der Waals surface area contributed by atoms with Crippen molar-refractivity contribution in [1.29, 1.82) is 0 Å². The summed E-state index contributed by atoms with van der Waals surface area (Å²) >= 11 is 0. The third kappa shape index (κ3) is 4.47. The fourth-order valence-corrected chi connectivity index (χ4v) is 3.76. The third-order valence-electron chi connectivity index (χ3n) is 5.50. The van der Waals surface area contributed by atoms with Gasteiger partial charge in [-0.2, -0.15) is 0 Å². The number of rotatable bonds is 4. The molecule has 2 fully saturated rings. The van der Waals surface area contributed by atoms with Crippen LogP contribution in [0, 0.1) is 0 Å². The summed E-state index contributed by atoms with van der Waals surface area (Å²) in [7, 11) is 0. The summed E-state index contributed by atoms with van der Waals surface area (Å²) in [4.78, 5) is 38.8. The van der Waals surface area contributed by atoms with Crippen LogP contribution in [0.1, 0.15) is 30.1 Å². The van der Waals surface area contributed by atoms with Crippen molar-refractivity contribution < 1.29 is 9.59 Å². The topological polar surface area (TPSA) is 81.7 Å². The molecule has 0 aliphatic carbocycles. The predicted octanol–water partition coefficient (Wildman–Crippen LogP) is 2.00. The van der Waals surface area contributed by atoms with Crippen LogP contribution in [0.4, 0.5) is 17.3 Å². The maximum Gasteiger partial charge on any atom is 0.258 e. The Hall–Kier alpha value is -3.16. The second-order valence-electron chi connectivity index (χ2n) is 7.46. The van der Waals surface area contributed by atoms with Crippen LogP contribution < -0.4 is 15.1 Å². The van der Waals surface area contributed by atoms with Gasteiger partial charge in [-0.1, -0.05) is 0 Å².